The van der Waals surface area contributed by atoms with Gasteiger partial charge in [-0.25, -0.2) is 0 Å². The third-order valence-electron chi connectivity index (χ3n) is 4.65. The van der Waals surface area contributed by atoms with Gasteiger partial charge in [-0.1, -0.05) is 29.8 Å². The molecule has 23 heavy (non-hydrogen) atoms. The average molecular weight is 338 g/mol. The molecule has 0 spiro atoms. The lowest BCUT2D eigenvalue weighted by Crippen LogP contribution is -2.48. The van der Waals surface area contributed by atoms with Crippen molar-refractivity contribution in [2.24, 2.45) is 5.92 Å². The highest BCUT2D eigenvalue weighted by atomic mass is 35.5. The predicted molar refractivity (Wildman–Crippen MR) is 90.7 cm³/mol. The van der Waals surface area contributed by atoms with Gasteiger partial charge in [-0.15, -0.1) is 0 Å². The van der Waals surface area contributed by atoms with E-state index in [2.05, 4.69) is 0 Å². The minimum Gasteiger partial charge on any atom is -0.481 e. The molecular weight excluding hydrogens is 314 g/mol. The molecule has 1 heterocycles. The fourth-order valence-corrected chi connectivity index (χ4v) is 3.66. The molecule has 0 radical (unpaired) electrons. The van der Waals surface area contributed by atoms with E-state index in [1.54, 1.807) is 6.07 Å². The number of likely N-dealkylation sites (tertiary alicyclic amines) is 1. The smallest absolute Gasteiger partial charge is 0.303 e. The Morgan fingerprint density at radius 1 is 1.35 bits per heavy atom. The molecule has 2 rings (SSSR count). The van der Waals surface area contributed by atoms with Gasteiger partial charge in [-0.2, -0.15) is 0 Å². The summed E-state index contributed by atoms with van der Waals surface area (Å²) >= 11 is 6.27. The van der Waals surface area contributed by atoms with Crippen molar-refractivity contribution >= 4 is 23.5 Å². The molecule has 1 aromatic carbocycles. The third kappa shape index (κ3) is 4.25. The maximum absolute atomic E-state index is 13.0. The summed E-state index contributed by atoms with van der Waals surface area (Å²) < 4.78 is 0. The van der Waals surface area contributed by atoms with Crippen LogP contribution in [-0.4, -0.2) is 35.0 Å². The number of aliphatic carboxylic acids is 1. The summed E-state index contributed by atoms with van der Waals surface area (Å²) in [6.45, 7) is 5.17. The zero-order valence-electron chi connectivity index (χ0n) is 13.7. The Morgan fingerprint density at radius 2 is 2.04 bits per heavy atom. The Morgan fingerprint density at radius 3 is 2.70 bits per heavy atom. The normalized spacial score (nSPS) is 18.7. The molecule has 1 saturated heterocycles. The SMILES string of the molecule is CC(C)(C(=O)N1CCCC(CCC(=O)O)C1)c1ccccc1Cl. The molecule has 1 atom stereocenters. The van der Waals surface area contributed by atoms with Crippen molar-refractivity contribution in [3.8, 4) is 0 Å². The van der Waals surface area contributed by atoms with Crippen LogP contribution in [0.25, 0.3) is 0 Å². The number of carbonyl (C=O) groups excluding carboxylic acids is 1. The molecule has 4 nitrogen and oxygen atoms in total. The van der Waals surface area contributed by atoms with Gasteiger partial charge in [0.1, 0.15) is 0 Å². The number of hydrogen-bond donors (Lipinski definition) is 1. The number of benzene rings is 1. The van der Waals surface area contributed by atoms with Crippen molar-refractivity contribution in [3.63, 3.8) is 0 Å². The first-order chi connectivity index (χ1) is 10.8. The Labute approximate surface area is 142 Å². The zero-order valence-corrected chi connectivity index (χ0v) is 14.5. The van der Waals surface area contributed by atoms with Gasteiger partial charge in [-0.3, -0.25) is 9.59 Å². The number of nitrogens with zero attached hydrogens (tertiary/aromatic N) is 1. The summed E-state index contributed by atoms with van der Waals surface area (Å²) in [7, 11) is 0. The minimum absolute atomic E-state index is 0.0608. The summed E-state index contributed by atoms with van der Waals surface area (Å²) in [5.41, 5.74) is 0.145. The zero-order chi connectivity index (χ0) is 17.0. The van der Waals surface area contributed by atoms with Gasteiger partial charge in [0.25, 0.3) is 0 Å². The minimum atomic E-state index is -0.773. The number of hydrogen-bond acceptors (Lipinski definition) is 2. The fourth-order valence-electron chi connectivity index (χ4n) is 3.29. The standard InChI is InChI=1S/C18H24ClNO3/c1-18(2,14-7-3-4-8-15(14)19)17(23)20-11-5-6-13(12-20)9-10-16(21)22/h3-4,7-8,13H,5-6,9-12H2,1-2H3,(H,21,22). The van der Waals surface area contributed by atoms with Crippen LogP contribution in [0.3, 0.4) is 0 Å². The first kappa shape index (κ1) is 17.8. The van der Waals surface area contributed by atoms with Gasteiger partial charge in [0.05, 0.1) is 5.41 Å². The molecule has 0 bridgehead atoms. The molecule has 1 unspecified atom stereocenters. The van der Waals surface area contributed by atoms with Crippen LogP contribution in [0.5, 0.6) is 0 Å². The van der Waals surface area contributed by atoms with Crippen LogP contribution in [0, 0.1) is 5.92 Å². The molecule has 0 saturated carbocycles. The van der Waals surface area contributed by atoms with Crippen LogP contribution in [0.15, 0.2) is 24.3 Å². The van der Waals surface area contributed by atoms with Crippen LogP contribution >= 0.6 is 11.6 Å². The van der Waals surface area contributed by atoms with Gasteiger partial charge in [0.15, 0.2) is 0 Å². The van der Waals surface area contributed by atoms with E-state index in [0.29, 0.717) is 18.0 Å². The van der Waals surface area contributed by atoms with Gasteiger partial charge in [0.2, 0.25) is 5.91 Å². The van der Waals surface area contributed by atoms with Crippen LogP contribution in [-0.2, 0) is 15.0 Å². The second-order valence-electron chi connectivity index (χ2n) is 6.80. The van der Waals surface area contributed by atoms with Crippen LogP contribution in [0.4, 0.5) is 0 Å². The maximum Gasteiger partial charge on any atom is 0.303 e. The highest BCUT2D eigenvalue weighted by Gasteiger charge is 2.37. The molecule has 1 amide bonds. The number of carboxylic acids is 1. The van der Waals surface area contributed by atoms with Crippen molar-refractivity contribution < 1.29 is 14.7 Å². The van der Waals surface area contributed by atoms with E-state index in [9.17, 15) is 9.59 Å². The van der Waals surface area contributed by atoms with Crippen molar-refractivity contribution in [1.29, 1.82) is 0 Å². The van der Waals surface area contributed by atoms with Crippen molar-refractivity contribution in [2.75, 3.05) is 13.1 Å². The van der Waals surface area contributed by atoms with Gasteiger partial charge < -0.3 is 10.0 Å². The van der Waals surface area contributed by atoms with E-state index in [0.717, 1.165) is 24.9 Å². The molecule has 1 aliphatic heterocycles. The lowest BCUT2D eigenvalue weighted by Gasteiger charge is -2.38. The van der Waals surface area contributed by atoms with Crippen molar-refractivity contribution in [2.45, 2.75) is 44.9 Å². The van der Waals surface area contributed by atoms with Gasteiger partial charge in [-0.05, 0) is 50.7 Å². The first-order valence-electron chi connectivity index (χ1n) is 8.08. The van der Waals surface area contributed by atoms with Gasteiger partial charge in [0, 0.05) is 24.5 Å². The molecule has 1 aliphatic rings. The van der Waals surface area contributed by atoms with E-state index in [1.165, 1.54) is 0 Å². The summed E-state index contributed by atoms with van der Waals surface area (Å²) in [6, 6.07) is 7.45. The Balaban J connectivity index is 2.09. The van der Waals surface area contributed by atoms with E-state index < -0.39 is 11.4 Å². The number of amides is 1. The van der Waals surface area contributed by atoms with Gasteiger partial charge >= 0.3 is 5.97 Å². The number of halogens is 1. The second kappa shape index (κ2) is 7.35. The topological polar surface area (TPSA) is 57.6 Å². The van der Waals surface area contributed by atoms with E-state index in [1.807, 2.05) is 36.9 Å². The number of rotatable bonds is 5. The maximum atomic E-state index is 13.0. The Bertz CT molecular complexity index is 585. The second-order valence-corrected chi connectivity index (χ2v) is 7.20. The van der Waals surface area contributed by atoms with Crippen LogP contribution in [0.1, 0.15) is 45.1 Å². The van der Waals surface area contributed by atoms with E-state index >= 15 is 0 Å². The molecule has 126 valence electrons. The Hall–Kier alpha value is -1.55. The summed E-state index contributed by atoms with van der Waals surface area (Å²) in [4.78, 5) is 25.6. The third-order valence-corrected chi connectivity index (χ3v) is 4.98. The fraction of sp³-hybridized carbons (Fsp3) is 0.556. The molecule has 1 aromatic rings. The van der Waals surface area contributed by atoms with E-state index in [4.69, 9.17) is 16.7 Å². The highest BCUT2D eigenvalue weighted by Crippen LogP contribution is 2.33. The summed E-state index contributed by atoms with van der Waals surface area (Å²) in [5, 5.41) is 9.43. The average Bonchev–Trinajstić information content (AvgIpc) is 2.52. The summed E-state index contributed by atoms with van der Waals surface area (Å²) in [6.07, 6.45) is 2.71. The molecule has 5 heteroatoms. The molecule has 1 N–H and O–H groups in total. The summed E-state index contributed by atoms with van der Waals surface area (Å²) in [5.74, 6) is -0.443. The number of carboxylic acid groups (broad SMARTS) is 1. The monoisotopic (exact) mass is 337 g/mol. The number of carbonyl (C=O) groups is 2. The highest BCUT2D eigenvalue weighted by molar-refractivity contribution is 6.31. The first-order valence-corrected chi connectivity index (χ1v) is 8.46. The molecule has 1 fully saturated rings. The molecule has 0 aliphatic carbocycles. The number of piperidine rings is 1. The quantitative estimate of drug-likeness (QED) is 0.890. The lowest BCUT2D eigenvalue weighted by atomic mass is 9.82. The van der Waals surface area contributed by atoms with Crippen molar-refractivity contribution in [1.82, 2.24) is 4.90 Å². The molecule has 0 aromatic heterocycles. The van der Waals surface area contributed by atoms with Crippen LogP contribution < -0.4 is 0 Å². The molecular formula is C18H24ClNO3. The van der Waals surface area contributed by atoms with E-state index in [-0.39, 0.29) is 18.2 Å². The van der Waals surface area contributed by atoms with Crippen molar-refractivity contribution in [3.05, 3.63) is 34.9 Å². The Kier molecular flexibility index (Phi) is 5.69. The lowest BCUT2D eigenvalue weighted by molar-refractivity contribution is -0.138. The largest absolute Gasteiger partial charge is 0.481 e. The van der Waals surface area contributed by atoms with Crippen LogP contribution in [0.2, 0.25) is 5.02 Å². The predicted octanol–water partition coefficient (Wildman–Crippen LogP) is 3.72.